The van der Waals surface area contributed by atoms with E-state index in [9.17, 15) is 14.4 Å². The Bertz CT molecular complexity index is 1550. The lowest BCUT2D eigenvalue weighted by molar-refractivity contribution is -0.135. The molecule has 0 spiro atoms. The van der Waals surface area contributed by atoms with E-state index in [2.05, 4.69) is 15.4 Å². The molecule has 154 valence electrons. The number of aromatic nitrogens is 3. The number of fused-ring (bicyclic) bond motifs is 4. The molecule has 5 rings (SSSR count). The highest BCUT2D eigenvalue weighted by molar-refractivity contribution is 7.26. The van der Waals surface area contributed by atoms with E-state index in [-0.39, 0.29) is 17.1 Å². The molecule has 3 N–H and O–H groups in total. The molecule has 0 atom stereocenters. The number of carboxylic acids is 1. The number of ether oxygens (including phenoxy) is 1. The molecule has 0 aliphatic carbocycles. The van der Waals surface area contributed by atoms with E-state index in [1.807, 2.05) is 36.4 Å². The summed E-state index contributed by atoms with van der Waals surface area (Å²) in [5.41, 5.74) is -0.864. The fourth-order valence-electron chi connectivity index (χ4n) is 3.42. The molecule has 0 saturated carbocycles. The van der Waals surface area contributed by atoms with Crippen molar-refractivity contribution >= 4 is 49.0 Å². The van der Waals surface area contributed by atoms with Gasteiger partial charge in [-0.05, 0) is 12.1 Å². The number of thiophene rings is 1. The third kappa shape index (κ3) is 3.19. The second-order valence-corrected chi connectivity index (χ2v) is 7.73. The number of amides is 1. The zero-order valence-corrected chi connectivity index (χ0v) is 16.6. The number of aromatic amines is 1. The van der Waals surface area contributed by atoms with Crippen LogP contribution in [0.15, 0.2) is 59.7 Å². The molecule has 0 bridgehead atoms. The molecule has 1 amide bonds. The fourth-order valence-corrected chi connectivity index (χ4v) is 4.57. The molecule has 10 heteroatoms. The van der Waals surface area contributed by atoms with Gasteiger partial charge in [0.05, 0.1) is 4.70 Å². The number of hydrogen-bond donors (Lipinski definition) is 3. The summed E-state index contributed by atoms with van der Waals surface area (Å²) in [6, 6.07) is 14.9. The van der Waals surface area contributed by atoms with E-state index in [4.69, 9.17) is 9.84 Å². The van der Waals surface area contributed by atoms with Gasteiger partial charge in [0.2, 0.25) is 11.3 Å². The lowest BCUT2D eigenvalue weighted by atomic mass is 10.1. The van der Waals surface area contributed by atoms with Gasteiger partial charge in [-0.1, -0.05) is 30.3 Å². The van der Waals surface area contributed by atoms with Crippen LogP contribution in [0.25, 0.3) is 25.8 Å². The Kier molecular flexibility index (Phi) is 4.41. The number of carbonyl (C=O) groups excluding carboxylic acids is 1. The van der Waals surface area contributed by atoms with Gasteiger partial charge in [0.15, 0.2) is 5.65 Å². The van der Waals surface area contributed by atoms with E-state index in [1.165, 1.54) is 16.9 Å². The minimum Gasteiger partial charge on any atom is -0.480 e. The van der Waals surface area contributed by atoms with Crippen LogP contribution in [0.4, 0.5) is 0 Å². The number of aliphatic carboxylic acids is 1. The number of nitrogens with zero attached hydrogens (tertiary/aromatic N) is 2. The van der Waals surface area contributed by atoms with Gasteiger partial charge in [-0.2, -0.15) is 0 Å². The van der Waals surface area contributed by atoms with Gasteiger partial charge >= 0.3 is 5.97 Å². The van der Waals surface area contributed by atoms with Crippen molar-refractivity contribution in [1.82, 2.24) is 19.9 Å². The third-order valence-corrected chi connectivity index (χ3v) is 5.94. The van der Waals surface area contributed by atoms with Crippen LogP contribution in [0.5, 0.6) is 11.6 Å². The molecule has 3 aromatic heterocycles. The zero-order valence-electron chi connectivity index (χ0n) is 15.8. The third-order valence-electron chi connectivity index (χ3n) is 4.74. The van der Waals surface area contributed by atoms with Gasteiger partial charge < -0.3 is 15.2 Å². The number of benzene rings is 2. The molecule has 0 radical (unpaired) electrons. The SMILES string of the molecule is O=C(O)CNC(=O)c1c(=O)cc(Oc2cccc3c2sc2ccccc23)n2[nH]cnc12. The first-order valence-electron chi connectivity index (χ1n) is 9.20. The van der Waals surface area contributed by atoms with Crippen LogP contribution in [-0.4, -0.2) is 38.1 Å². The maximum absolute atomic E-state index is 12.7. The highest BCUT2D eigenvalue weighted by Gasteiger charge is 2.21. The second kappa shape index (κ2) is 7.26. The van der Waals surface area contributed by atoms with Crippen molar-refractivity contribution in [1.29, 1.82) is 0 Å². The van der Waals surface area contributed by atoms with E-state index < -0.39 is 23.9 Å². The standard InChI is InChI=1S/C21H14N4O5S/c26-13-8-16(25-20(23-10-24-25)18(13)21(29)22-9-17(27)28)30-14-6-3-5-12-11-4-1-2-7-15(11)31-19(12)14/h1-8,10H,9H2,(H,22,29)(H,23,24)(H,27,28). The number of carboxylic acid groups (broad SMARTS) is 1. The van der Waals surface area contributed by atoms with Crippen LogP contribution in [0.2, 0.25) is 0 Å². The summed E-state index contributed by atoms with van der Waals surface area (Å²) in [6.45, 7) is -0.610. The first-order valence-corrected chi connectivity index (χ1v) is 10.0. The number of rotatable bonds is 5. The van der Waals surface area contributed by atoms with Crippen LogP contribution in [-0.2, 0) is 4.79 Å². The molecule has 0 aliphatic heterocycles. The van der Waals surface area contributed by atoms with Gasteiger partial charge in [0.1, 0.15) is 24.2 Å². The molecule has 0 aliphatic rings. The van der Waals surface area contributed by atoms with Crippen molar-refractivity contribution in [3.8, 4) is 11.6 Å². The predicted octanol–water partition coefficient (Wildman–Crippen LogP) is 3.00. The average Bonchev–Trinajstić information content (AvgIpc) is 3.38. The Morgan fingerprint density at radius 1 is 1.16 bits per heavy atom. The van der Waals surface area contributed by atoms with Gasteiger partial charge in [-0.15, -0.1) is 11.3 Å². The molecule has 0 fully saturated rings. The number of nitrogens with one attached hydrogen (secondary N) is 2. The van der Waals surface area contributed by atoms with Gasteiger partial charge in [-0.3, -0.25) is 19.5 Å². The average molecular weight is 434 g/mol. The van der Waals surface area contributed by atoms with Crippen LogP contribution >= 0.6 is 11.3 Å². The summed E-state index contributed by atoms with van der Waals surface area (Å²) >= 11 is 1.58. The summed E-state index contributed by atoms with van der Waals surface area (Å²) in [5.74, 6) is -1.33. The summed E-state index contributed by atoms with van der Waals surface area (Å²) in [6.07, 6.45) is 1.32. The number of carbonyl (C=O) groups is 2. The van der Waals surface area contributed by atoms with E-state index >= 15 is 0 Å². The van der Waals surface area contributed by atoms with Crippen molar-refractivity contribution in [3.63, 3.8) is 0 Å². The van der Waals surface area contributed by atoms with Crippen LogP contribution < -0.4 is 15.5 Å². The number of H-pyrrole nitrogens is 1. The molecular formula is C21H14N4O5S. The van der Waals surface area contributed by atoms with Crippen molar-refractivity contribution in [3.05, 3.63) is 70.6 Å². The Morgan fingerprint density at radius 3 is 2.81 bits per heavy atom. The fraction of sp³-hybridized carbons (Fsp3) is 0.0476. The maximum atomic E-state index is 12.7. The lowest BCUT2D eigenvalue weighted by Gasteiger charge is -2.10. The van der Waals surface area contributed by atoms with Crippen molar-refractivity contribution in [2.45, 2.75) is 0 Å². The number of pyridine rings is 1. The van der Waals surface area contributed by atoms with E-state index in [0.717, 1.165) is 20.2 Å². The Morgan fingerprint density at radius 2 is 1.97 bits per heavy atom. The van der Waals surface area contributed by atoms with Crippen molar-refractivity contribution < 1.29 is 19.4 Å². The zero-order chi connectivity index (χ0) is 21.5. The minimum absolute atomic E-state index is 0.0360. The minimum atomic E-state index is -1.22. The smallest absolute Gasteiger partial charge is 0.322 e. The Balaban J connectivity index is 1.60. The highest BCUT2D eigenvalue weighted by atomic mass is 32.1. The molecule has 3 heterocycles. The highest BCUT2D eigenvalue weighted by Crippen LogP contribution is 2.40. The molecular weight excluding hydrogens is 420 g/mol. The largest absolute Gasteiger partial charge is 0.480 e. The van der Waals surface area contributed by atoms with E-state index in [0.29, 0.717) is 5.75 Å². The molecule has 9 nitrogen and oxygen atoms in total. The first-order chi connectivity index (χ1) is 15.0. The Labute approximate surface area is 177 Å². The summed E-state index contributed by atoms with van der Waals surface area (Å²) < 4.78 is 9.48. The molecule has 5 aromatic rings. The molecule has 31 heavy (non-hydrogen) atoms. The summed E-state index contributed by atoms with van der Waals surface area (Å²) in [4.78, 5) is 39.8. The first kappa shape index (κ1) is 18.8. The van der Waals surface area contributed by atoms with Crippen LogP contribution in [0.1, 0.15) is 10.4 Å². The monoisotopic (exact) mass is 434 g/mol. The Hall–Kier alpha value is -4.18. The summed E-state index contributed by atoms with van der Waals surface area (Å²) in [5, 5.41) is 15.9. The normalized spacial score (nSPS) is 11.2. The van der Waals surface area contributed by atoms with Crippen LogP contribution in [0, 0.1) is 0 Å². The second-order valence-electron chi connectivity index (χ2n) is 6.68. The topological polar surface area (TPSA) is 126 Å². The maximum Gasteiger partial charge on any atom is 0.322 e. The van der Waals surface area contributed by atoms with Crippen molar-refractivity contribution in [2.75, 3.05) is 6.54 Å². The summed E-state index contributed by atoms with van der Waals surface area (Å²) in [7, 11) is 0. The number of hydrogen-bond acceptors (Lipinski definition) is 6. The van der Waals surface area contributed by atoms with Gasteiger partial charge in [0.25, 0.3) is 5.91 Å². The molecule has 2 aromatic carbocycles. The van der Waals surface area contributed by atoms with Gasteiger partial charge in [-0.25, -0.2) is 9.50 Å². The van der Waals surface area contributed by atoms with Crippen LogP contribution in [0.3, 0.4) is 0 Å². The predicted molar refractivity (Wildman–Crippen MR) is 115 cm³/mol. The quantitative estimate of drug-likeness (QED) is 0.390. The lowest BCUT2D eigenvalue weighted by Crippen LogP contribution is -2.33. The van der Waals surface area contributed by atoms with Gasteiger partial charge in [0, 0.05) is 21.5 Å². The van der Waals surface area contributed by atoms with E-state index in [1.54, 1.807) is 17.4 Å². The van der Waals surface area contributed by atoms with Crippen molar-refractivity contribution in [2.24, 2.45) is 0 Å². The molecule has 0 saturated heterocycles. The molecule has 0 unspecified atom stereocenters.